The highest BCUT2D eigenvalue weighted by Gasteiger charge is 2.43. The molecule has 182 valence electrons. The lowest BCUT2D eigenvalue weighted by Gasteiger charge is -2.21. The number of ether oxygens (including phenoxy) is 2. The van der Waals surface area contributed by atoms with E-state index in [0.717, 1.165) is 44.9 Å². The minimum atomic E-state index is -4.65. The quantitative estimate of drug-likeness (QED) is 0.179. The van der Waals surface area contributed by atoms with E-state index >= 15 is 0 Å². The summed E-state index contributed by atoms with van der Waals surface area (Å²) in [5, 5.41) is 0. The SMILES string of the molecule is CCCCCCCOC(=O)CCCCCCCCC(=O)OC(c1ccccc1)C(F)(F)F. The number of hydrogen-bond donors (Lipinski definition) is 0. The lowest BCUT2D eigenvalue weighted by atomic mass is 10.1. The van der Waals surface area contributed by atoms with E-state index in [-0.39, 0.29) is 18.0 Å². The van der Waals surface area contributed by atoms with Gasteiger partial charge in [-0.1, -0.05) is 88.6 Å². The van der Waals surface area contributed by atoms with Gasteiger partial charge in [0.25, 0.3) is 0 Å². The van der Waals surface area contributed by atoms with Gasteiger partial charge in [0, 0.05) is 18.4 Å². The van der Waals surface area contributed by atoms with Crippen molar-refractivity contribution in [1.29, 1.82) is 0 Å². The second-order valence-electron chi connectivity index (χ2n) is 8.08. The first-order valence-corrected chi connectivity index (χ1v) is 11.8. The van der Waals surface area contributed by atoms with E-state index in [1.165, 1.54) is 43.5 Å². The molecule has 4 nitrogen and oxygen atoms in total. The fraction of sp³-hybridized carbons (Fsp3) is 0.680. The van der Waals surface area contributed by atoms with Gasteiger partial charge in [-0.3, -0.25) is 9.59 Å². The number of benzene rings is 1. The van der Waals surface area contributed by atoms with Crippen molar-refractivity contribution in [2.24, 2.45) is 0 Å². The van der Waals surface area contributed by atoms with Gasteiger partial charge in [-0.25, -0.2) is 0 Å². The second-order valence-corrected chi connectivity index (χ2v) is 8.08. The van der Waals surface area contributed by atoms with Crippen LogP contribution in [0.1, 0.15) is 102 Å². The van der Waals surface area contributed by atoms with Gasteiger partial charge in [0.1, 0.15) is 0 Å². The Morgan fingerprint density at radius 2 is 1.31 bits per heavy atom. The molecule has 1 aromatic carbocycles. The molecule has 1 aromatic rings. The number of esters is 2. The molecule has 1 unspecified atom stereocenters. The number of carbonyl (C=O) groups excluding carboxylic acids is 2. The first kappa shape index (κ1) is 28.0. The van der Waals surface area contributed by atoms with Gasteiger partial charge in [0.05, 0.1) is 6.61 Å². The molecule has 0 heterocycles. The van der Waals surface area contributed by atoms with E-state index in [4.69, 9.17) is 9.47 Å². The predicted molar refractivity (Wildman–Crippen MR) is 118 cm³/mol. The van der Waals surface area contributed by atoms with Crippen LogP contribution in [-0.2, 0) is 19.1 Å². The molecule has 0 saturated heterocycles. The summed E-state index contributed by atoms with van der Waals surface area (Å²) in [5.74, 6) is -0.991. The normalized spacial score (nSPS) is 12.4. The zero-order chi connectivity index (χ0) is 23.7. The summed E-state index contributed by atoms with van der Waals surface area (Å²) in [6.45, 7) is 2.66. The first-order valence-electron chi connectivity index (χ1n) is 11.8. The van der Waals surface area contributed by atoms with Crippen molar-refractivity contribution in [1.82, 2.24) is 0 Å². The van der Waals surface area contributed by atoms with E-state index < -0.39 is 18.2 Å². The number of alkyl halides is 3. The molecule has 0 N–H and O–H groups in total. The van der Waals surface area contributed by atoms with Crippen LogP contribution < -0.4 is 0 Å². The summed E-state index contributed by atoms with van der Waals surface area (Å²) >= 11 is 0. The molecule has 32 heavy (non-hydrogen) atoms. The molecule has 1 rings (SSSR count). The molecule has 1 atom stereocenters. The van der Waals surface area contributed by atoms with Crippen LogP contribution in [0.2, 0.25) is 0 Å². The Labute approximate surface area is 189 Å². The van der Waals surface area contributed by atoms with Crippen molar-refractivity contribution in [2.45, 2.75) is 103 Å². The predicted octanol–water partition coefficient (Wildman–Crippen LogP) is 7.47. The molecule has 7 heteroatoms. The lowest BCUT2D eigenvalue weighted by Crippen LogP contribution is -2.26. The fourth-order valence-electron chi connectivity index (χ4n) is 3.35. The van der Waals surface area contributed by atoms with Crippen LogP contribution >= 0.6 is 0 Å². The van der Waals surface area contributed by atoms with Crippen LogP contribution in [0.15, 0.2) is 30.3 Å². The van der Waals surface area contributed by atoms with Gasteiger partial charge < -0.3 is 9.47 Å². The van der Waals surface area contributed by atoms with Crippen LogP contribution in [0.25, 0.3) is 0 Å². The van der Waals surface area contributed by atoms with Crippen molar-refractivity contribution in [2.75, 3.05) is 6.61 Å². The van der Waals surface area contributed by atoms with Gasteiger partial charge in [0.2, 0.25) is 6.10 Å². The van der Waals surface area contributed by atoms with Crippen LogP contribution in [0, 0.1) is 0 Å². The summed E-state index contributed by atoms with van der Waals surface area (Å²) in [6.07, 6.45) is 3.76. The van der Waals surface area contributed by atoms with E-state index in [1.807, 2.05) is 0 Å². The Morgan fingerprint density at radius 3 is 1.91 bits per heavy atom. The van der Waals surface area contributed by atoms with E-state index in [1.54, 1.807) is 6.07 Å². The third-order valence-electron chi connectivity index (χ3n) is 5.17. The molecule has 0 aliphatic heterocycles. The standard InChI is InChI=1S/C25H37F3O4/c1-2-3-4-9-15-20-31-22(29)18-13-7-5-6-8-14-19-23(30)32-24(25(26,27)28)21-16-11-10-12-17-21/h10-12,16-17,24H,2-9,13-15,18-20H2,1H3. The van der Waals surface area contributed by atoms with E-state index in [9.17, 15) is 22.8 Å². The minimum Gasteiger partial charge on any atom is -0.466 e. The molecule has 0 bridgehead atoms. The molecule has 0 radical (unpaired) electrons. The van der Waals surface area contributed by atoms with Gasteiger partial charge in [0.15, 0.2) is 0 Å². The fourth-order valence-corrected chi connectivity index (χ4v) is 3.35. The summed E-state index contributed by atoms with van der Waals surface area (Å²) in [4.78, 5) is 23.5. The summed E-state index contributed by atoms with van der Waals surface area (Å²) < 4.78 is 49.5. The van der Waals surface area contributed by atoms with Gasteiger partial charge in [-0.2, -0.15) is 13.2 Å². The average molecular weight is 459 g/mol. The molecule has 0 saturated carbocycles. The van der Waals surface area contributed by atoms with E-state index in [0.29, 0.717) is 19.4 Å². The van der Waals surface area contributed by atoms with Gasteiger partial charge in [-0.05, 0) is 19.3 Å². The average Bonchev–Trinajstić information content (AvgIpc) is 2.76. The Balaban J connectivity index is 2.07. The Morgan fingerprint density at radius 1 is 0.781 bits per heavy atom. The molecule has 0 fully saturated rings. The highest BCUT2D eigenvalue weighted by molar-refractivity contribution is 5.70. The summed E-state index contributed by atoms with van der Waals surface area (Å²) in [7, 11) is 0. The zero-order valence-electron chi connectivity index (χ0n) is 19.1. The summed E-state index contributed by atoms with van der Waals surface area (Å²) in [5.41, 5.74) is -0.0802. The van der Waals surface area contributed by atoms with E-state index in [2.05, 4.69) is 6.92 Å². The number of carbonyl (C=O) groups is 2. The highest BCUT2D eigenvalue weighted by atomic mass is 19.4. The van der Waals surface area contributed by atoms with Crippen LogP contribution in [0.4, 0.5) is 13.2 Å². The molecule has 0 aliphatic rings. The van der Waals surface area contributed by atoms with Crippen LogP contribution in [-0.4, -0.2) is 24.7 Å². The van der Waals surface area contributed by atoms with Crippen molar-refractivity contribution < 1.29 is 32.2 Å². The molecule has 0 aliphatic carbocycles. The second kappa shape index (κ2) is 16.6. The van der Waals surface area contributed by atoms with Crippen molar-refractivity contribution in [3.8, 4) is 0 Å². The maximum Gasteiger partial charge on any atom is 0.429 e. The molecular weight excluding hydrogens is 421 g/mol. The van der Waals surface area contributed by atoms with Crippen molar-refractivity contribution in [3.63, 3.8) is 0 Å². The topological polar surface area (TPSA) is 52.6 Å². The monoisotopic (exact) mass is 458 g/mol. The first-order chi connectivity index (χ1) is 15.3. The maximum absolute atomic E-state index is 13.2. The highest BCUT2D eigenvalue weighted by Crippen LogP contribution is 2.36. The lowest BCUT2D eigenvalue weighted by molar-refractivity contribution is -0.224. The third-order valence-corrected chi connectivity index (χ3v) is 5.17. The molecule has 0 spiro atoms. The number of hydrogen-bond acceptors (Lipinski definition) is 4. The Bertz CT molecular complexity index is 632. The summed E-state index contributed by atoms with van der Waals surface area (Å²) in [6, 6.07) is 7.17. The Kier molecular flexibility index (Phi) is 14.5. The van der Waals surface area contributed by atoms with Crippen molar-refractivity contribution in [3.05, 3.63) is 35.9 Å². The number of unbranched alkanes of at least 4 members (excludes halogenated alkanes) is 9. The largest absolute Gasteiger partial charge is 0.466 e. The molecule has 0 aromatic heterocycles. The zero-order valence-corrected chi connectivity index (χ0v) is 19.1. The van der Waals surface area contributed by atoms with Crippen LogP contribution in [0.5, 0.6) is 0 Å². The Hall–Kier alpha value is -2.05. The number of rotatable bonds is 17. The number of halogens is 3. The van der Waals surface area contributed by atoms with Gasteiger partial charge >= 0.3 is 18.1 Å². The molecular formula is C25H37F3O4. The van der Waals surface area contributed by atoms with Gasteiger partial charge in [-0.15, -0.1) is 0 Å². The third kappa shape index (κ3) is 13.4. The molecule has 0 amide bonds. The van der Waals surface area contributed by atoms with Crippen LogP contribution in [0.3, 0.4) is 0 Å². The smallest absolute Gasteiger partial charge is 0.429 e. The minimum absolute atomic E-state index is 0.0377. The van der Waals surface area contributed by atoms with Crippen molar-refractivity contribution >= 4 is 11.9 Å². The maximum atomic E-state index is 13.2.